The SMILES string of the molecule is CC(CCN(C)C)NC(=O)CC1(C(=O)O)CCCCCC1. The summed E-state index contributed by atoms with van der Waals surface area (Å²) in [7, 11) is 4.00. The van der Waals surface area contributed by atoms with Gasteiger partial charge in [0.1, 0.15) is 0 Å². The van der Waals surface area contributed by atoms with Crippen molar-refractivity contribution in [3.8, 4) is 0 Å². The molecule has 0 bridgehead atoms. The lowest BCUT2D eigenvalue weighted by atomic mass is 9.77. The van der Waals surface area contributed by atoms with Crippen molar-refractivity contribution < 1.29 is 14.7 Å². The van der Waals surface area contributed by atoms with Gasteiger partial charge in [0.2, 0.25) is 5.91 Å². The molecule has 0 aliphatic heterocycles. The number of hydrogen-bond donors (Lipinski definition) is 2. The van der Waals surface area contributed by atoms with Crippen molar-refractivity contribution in [3.05, 3.63) is 0 Å². The van der Waals surface area contributed by atoms with Gasteiger partial charge in [-0.15, -0.1) is 0 Å². The highest BCUT2D eigenvalue weighted by Gasteiger charge is 2.40. The third-order valence-electron chi connectivity index (χ3n) is 4.43. The number of carbonyl (C=O) groups is 2. The Morgan fingerprint density at radius 1 is 1.19 bits per heavy atom. The third kappa shape index (κ3) is 6.04. The molecule has 1 atom stereocenters. The van der Waals surface area contributed by atoms with Gasteiger partial charge in [-0.1, -0.05) is 25.7 Å². The van der Waals surface area contributed by atoms with Gasteiger partial charge in [0.25, 0.3) is 0 Å². The van der Waals surface area contributed by atoms with Crippen LogP contribution in [-0.4, -0.2) is 48.6 Å². The molecule has 5 nitrogen and oxygen atoms in total. The lowest BCUT2D eigenvalue weighted by molar-refractivity contribution is -0.153. The Balaban J connectivity index is 2.54. The van der Waals surface area contributed by atoms with Gasteiger partial charge in [0, 0.05) is 12.5 Å². The monoisotopic (exact) mass is 298 g/mol. The number of carboxylic acid groups (broad SMARTS) is 1. The average molecular weight is 298 g/mol. The van der Waals surface area contributed by atoms with Gasteiger partial charge in [-0.25, -0.2) is 0 Å². The Labute approximate surface area is 128 Å². The molecular weight excluding hydrogens is 268 g/mol. The highest BCUT2D eigenvalue weighted by atomic mass is 16.4. The molecule has 1 saturated carbocycles. The highest BCUT2D eigenvalue weighted by Crippen LogP contribution is 2.38. The number of amides is 1. The van der Waals surface area contributed by atoms with E-state index in [-0.39, 0.29) is 18.4 Å². The number of nitrogens with zero attached hydrogens (tertiary/aromatic N) is 1. The smallest absolute Gasteiger partial charge is 0.310 e. The van der Waals surface area contributed by atoms with E-state index in [4.69, 9.17) is 0 Å². The minimum atomic E-state index is -0.845. The summed E-state index contributed by atoms with van der Waals surface area (Å²) >= 11 is 0. The largest absolute Gasteiger partial charge is 0.481 e. The molecule has 122 valence electrons. The third-order valence-corrected chi connectivity index (χ3v) is 4.43. The lowest BCUT2D eigenvalue weighted by Crippen LogP contribution is -2.41. The molecule has 1 amide bonds. The van der Waals surface area contributed by atoms with E-state index in [2.05, 4.69) is 10.2 Å². The van der Waals surface area contributed by atoms with Crippen LogP contribution in [0.3, 0.4) is 0 Å². The molecule has 0 radical (unpaired) electrons. The molecule has 0 spiro atoms. The summed E-state index contributed by atoms with van der Waals surface area (Å²) in [6.45, 7) is 2.88. The van der Waals surface area contributed by atoms with Gasteiger partial charge in [0.05, 0.1) is 5.41 Å². The second-order valence-electron chi connectivity index (χ2n) is 6.74. The number of aliphatic carboxylic acids is 1. The average Bonchev–Trinajstić information content (AvgIpc) is 2.62. The Kier molecular flexibility index (Phi) is 7.15. The van der Waals surface area contributed by atoms with Crippen LogP contribution in [-0.2, 0) is 9.59 Å². The second-order valence-corrected chi connectivity index (χ2v) is 6.74. The van der Waals surface area contributed by atoms with Crippen LogP contribution in [0.25, 0.3) is 0 Å². The van der Waals surface area contributed by atoms with Crippen LogP contribution in [0.2, 0.25) is 0 Å². The maximum atomic E-state index is 12.2. The zero-order valence-corrected chi connectivity index (χ0v) is 13.7. The van der Waals surface area contributed by atoms with Gasteiger partial charge in [-0.05, 0) is 46.8 Å². The molecule has 1 rings (SSSR count). The first kappa shape index (κ1) is 18.0. The Bertz CT molecular complexity index is 347. The van der Waals surface area contributed by atoms with Crippen LogP contribution in [0.1, 0.15) is 58.3 Å². The van der Waals surface area contributed by atoms with Gasteiger partial charge < -0.3 is 15.3 Å². The minimum Gasteiger partial charge on any atom is -0.481 e. The molecular formula is C16H30N2O3. The molecule has 1 aliphatic rings. The molecule has 1 fully saturated rings. The molecule has 0 saturated heterocycles. The quantitative estimate of drug-likeness (QED) is 0.707. The summed E-state index contributed by atoms with van der Waals surface area (Å²) in [5.41, 5.74) is -0.845. The maximum Gasteiger partial charge on any atom is 0.310 e. The van der Waals surface area contributed by atoms with Gasteiger partial charge in [0.15, 0.2) is 0 Å². The Morgan fingerprint density at radius 2 is 1.76 bits per heavy atom. The van der Waals surface area contributed by atoms with E-state index in [9.17, 15) is 14.7 Å². The molecule has 1 aliphatic carbocycles. The molecule has 21 heavy (non-hydrogen) atoms. The van der Waals surface area contributed by atoms with Gasteiger partial charge in [-0.2, -0.15) is 0 Å². The van der Waals surface area contributed by atoms with E-state index in [1.165, 1.54) is 0 Å². The van der Waals surface area contributed by atoms with E-state index in [1.54, 1.807) is 0 Å². The molecule has 0 aromatic carbocycles. The van der Waals surface area contributed by atoms with Crippen molar-refractivity contribution in [3.63, 3.8) is 0 Å². The predicted molar refractivity (Wildman–Crippen MR) is 83.2 cm³/mol. The fraction of sp³-hybridized carbons (Fsp3) is 0.875. The maximum absolute atomic E-state index is 12.2. The van der Waals surface area contributed by atoms with Crippen molar-refractivity contribution in [1.82, 2.24) is 10.2 Å². The molecule has 2 N–H and O–H groups in total. The van der Waals surface area contributed by atoms with E-state index in [0.29, 0.717) is 12.8 Å². The summed E-state index contributed by atoms with van der Waals surface area (Å²) in [5, 5.41) is 12.5. The van der Waals surface area contributed by atoms with E-state index >= 15 is 0 Å². The van der Waals surface area contributed by atoms with Crippen molar-refractivity contribution in [2.75, 3.05) is 20.6 Å². The summed E-state index contributed by atoms with van der Waals surface area (Å²) in [6, 6.07) is 0.0801. The molecule has 1 unspecified atom stereocenters. The molecule has 0 heterocycles. The van der Waals surface area contributed by atoms with Crippen molar-refractivity contribution in [2.24, 2.45) is 5.41 Å². The second kappa shape index (κ2) is 8.37. The van der Waals surface area contributed by atoms with Crippen molar-refractivity contribution >= 4 is 11.9 Å². The number of carboxylic acids is 1. The van der Waals surface area contributed by atoms with Crippen molar-refractivity contribution in [1.29, 1.82) is 0 Å². The highest BCUT2D eigenvalue weighted by molar-refractivity contribution is 5.85. The van der Waals surface area contributed by atoms with E-state index in [1.807, 2.05) is 21.0 Å². The predicted octanol–water partition coefficient (Wildman–Crippen LogP) is 2.26. The summed E-state index contributed by atoms with van der Waals surface area (Å²) in [6.07, 6.45) is 6.23. The molecule has 0 aromatic heterocycles. The summed E-state index contributed by atoms with van der Waals surface area (Å²) in [4.78, 5) is 26.0. The van der Waals surface area contributed by atoms with Gasteiger partial charge >= 0.3 is 5.97 Å². The van der Waals surface area contributed by atoms with E-state index in [0.717, 1.165) is 38.6 Å². The first-order chi connectivity index (χ1) is 9.85. The number of hydrogen-bond acceptors (Lipinski definition) is 3. The lowest BCUT2D eigenvalue weighted by Gasteiger charge is -2.28. The fourth-order valence-corrected chi connectivity index (χ4v) is 3.03. The van der Waals surface area contributed by atoms with Crippen LogP contribution in [0.5, 0.6) is 0 Å². The number of rotatable bonds is 7. The summed E-state index contributed by atoms with van der Waals surface area (Å²) in [5.74, 6) is -0.925. The zero-order chi connectivity index (χ0) is 15.9. The van der Waals surface area contributed by atoms with Crippen LogP contribution < -0.4 is 5.32 Å². The zero-order valence-electron chi connectivity index (χ0n) is 13.7. The van der Waals surface area contributed by atoms with Gasteiger partial charge in [-0.3, -0.25) is 9.59 Å². The van der Waals surface area contributed by atoms with E-state index < -0.39 is 11.4 Å². The summed E-state index contributed by atoms with van der Waals surface area (Å²) < 4.78 is 0. The van der Waals surface area contributed by atoms with Crippen LogP contribution in [0, 0.1) is 5.41 Å². The van der Waals surface area contributed by atoms with Crippen LogP contribution in [0.4, 0.5) is 0 Å². The standard InChI is InChI=1S/C16H30N2O3/c1-13(8-11-18(2)3)17-14(19)12-16(15(20)21)9-6-4-5-7-10-16/h13H,4-12H2,1-3H3,(H,17,19)(H,20,21). The van der Waals surface area contributed by atoms with Crippen molar-refractivity contribution in [2.45, 2.75) is 64.3 Å². The first-order valence-corrected chi connectivity index (χ1v) is 8.03. The normalized spacial score (nSPS) is 19.8. The van der Waals surface area contributed by atoms with Crippen LogP contribution in [0.15, 0.2) is 0 Å². The molecule has 0 aromatic rings. The minimum absolute atomic E-state index is 0.0801. The Hall–Kier alpha value is -1.10. The van der Waals surface area contributed by atoms with Crippen LogP contribution >= 0.6 is 0 Å². The first-order valence-electron chi connectivity index (χ1n) is 8.03. The number of nitrogens with one attached hydrogen (secondary N) is 1. The fourth-order valence-electron chi connectivity index (χ4n) is 3.03. The topological polar surface area (TPSA) is 69.6 Å². The Morgan fingerprint density at radius 3 is 2.24 bits per heavy atom. The number of carbonyl (C=O) groups excluding carboxylic acids is 1. The molecule has 5 heteroatoms.